The molecule has 6 heteroatoms. The zero-order valence-electron chi connectivity index (χ0n) is 12.0. The molecule has 0 radical (unpaired) electrons. The van der Waals surface area contributed by atoms with Crippen molar-refractivity contribution in [2.45, 2.75) is 0 Å². The third kappa shape index (κ3) is 6.58. The maximum absolute atomic E-state index is 12.8. The summed E-state index contributed by atoms with van der Waals surface area (Å²) in [7, 11) is 0. The van der Waals surface area contributed by atoms with Gasteiger partial charge in [-0.15, -0.1) is 0 Å². The molecule has 2 atom stereocenters. The number of benzene rings is 2. The molecule has 2 aromatic carbocycles. The summed E-state index contributed by atoms with van der Waals surface area (Å²) >= 11 is -2.81. The summed E-state index contributed by atoms with van der Waals surface area (Å²) in [6, 6.07) is 11.5. The smallest absolute Gasteiger partial charge is 0.262 e. The molecule has 0 aromatic heterocycles. The van der Waals surface area contributed by atoms with Crippen LogP contribution in [-0.4, -0.2) is 14.2 Å². The molecule has 23 heavy (non-hydrogen) atoms. The van der Waals surface area contributed by atoms with Crippen LogP contribution in [-0.2, 0) is 22.4 Å². The van der Waals surface area contributed by atoms with Gasteiger partial charge in [0.05, 0.1) is 0 Å². The molecule has 0 saturated carbocycles. The largest absolute Gasteiger partial charge is 0.608 e. The first kappa shape index (κ1) is 17.7. The SMILES string of the molecule is [O-][S+](/C=C\c1ccc(F)cc1)C[S+]([O-])/C=C/c1ccc(F)cc1. The molecular weight excluding hydrogens is 338 g/mol. The Morgan fingerprint density at radius 1 is 0.696 bits per heavy atom. The molecule has 0 heterocycles. The van der Waals surface area contributed by atoms with E-state index in [4.69, 9.17) is 0 Å². The highest BCUT2D eigenvalue weighted by atomic mass is 32.3. The quantitative estimate of drug-likeness (QED) is 0.736. The second-order valence-electron chi connectivity index (χ2n) is 4.59. The predicted octanol–water partition coefficient (Wildman–Crippen LogP) is 4.06. The molecule has 0 amide bonds. The molecule has 2 unspecified atom stereocenters. The maximum atomic E-state index is 12.8. The summed E-state index contributed by atoms with van der Waals surface area (Å²) in [6.07, 6.45) is 3.19. The highest BCUT2D eigenvalue weighted by Gasteiger charge is 2.11. The zero-order chi connectivity index (χ0) is 16.7. The van der Waals surface area contributed by atoms with Crippen molar-refractivity contribution in [1.29, 1.82) is 0 Å². The van der Waals surface area contributed by atoms with Gasteiger partial charge in [0.1, 0.15) is 22.5 Å². The molecule has 0 aliphatic heterocycles. The Morgan fingerprint density at radius 3 is 1.39 bits per heavy atom. The number of rotatable bonds is 6. The molecule has 0 saturated heterocycles. The van der Waals surface area contributed by atoms with Crippen molar-refractivity contribution in [3.63, 3.8) is 0 Å². The van der Waals surface area contributed by atoms with E-state index in [1.54, 1.807) is 36.4 Å². The van der Waals surface area contributed by atoms with Gasteiger partial charge in [0.2, 0.25) is 0 Å². The van der Waals surface area contributed by atoms with E-state index in [1.807, 2.05) is 0 Å². The lowest BCUT2D eigenvalue weighted by Crippen LogP contribution is -2.11. The van der Waals surface area contributed by atoms with Gasteiger partial charge in [0.25, 0.3) is 5.08 Å². The monoisotopic (exact) mass is 352 g/mol. The van der Waals surface area contributed by atoms with Crippen LogP contribution in [0.2, 0.25) is 0 Å². The summed E-state index contributed by atoms with van der Waals surface area (Å²) in [6.45, 7) is 0. The number of hydrogen-bond acceptors (Lipinski definition) is 2. The van der Waals surface area contributed by atoms with Gasteiger partial charge in [0, 0.05) is 22.4 Å². The summed E-state index contributed by atoms with van der Waals surface area (Å²) in [5.41, 5.74) is 1.43. The Labute approximate surface area is 139 Å². The van der Waals surface area contributed by atoms with E-state index in [2.05, 4.69) is 0 Å². The molecule has 0 spiro atoms. The fraction of sp³-hybridized carbons (Fsp3) is 0.0588. The van der Waals surface area contributed by atoms with Gasteiger partial charge in [-0.3, -0.25) is 0 Å². The second-order valence-corrected chi connectivity index (χ2v) is 7.60. The fourth-order valence-corrected chi connectivity index (χ4v) is 3.81. The van der Waals surface area contributed by atoms with Gasteiger partial charge in [-0.2, -0.15) is 0 Å². The van der Waals surface area contributed by atoms with Crippen LogP contribution >= 0.6 is 0 Å². The Kier molecular flexibility index (Phi) is 6.85. The maximum Gasteiger partial charge on any atom is 0.262 e. The first-order valence-electron chi connectivity index (χ1n) is 6.65. The molecule has 0 fully saturated rings. The van der Waals surface area contributed by atoms with Crippen LogP contribution in [0.15, 0.2) is 59.3 Å². The summed E-state index contributed by atoms with van der Waals surface area (Å²) in [4.78, 5) is 0. The highest BCUT2D eigenvalue weighted by Crippen LogP contribution is 2.10. The first-order chi connectivity index (χ1) is 11.0. The van der Waals surface area contributed by atoms with Gasteiger partial charge in [-0.05, 0) is 47.5 Å². The standard InChI is InChI=1S/C17H14F2O2S2/c18-16-5-1-14(2-6-16)9-11-22(20)13-23(21)12-10-15-3-7-17(19)8-4-15/h1-12H,13H2/b11-9-,12-10+. The van der Waals surface area contributed by atoms with Crippen molar-refractivity contribution >= 4 is 34.5 Å². The predicted molar refractivity (Wildman–Crippen MR) is 92.0 cm³/mol. The summed E-state index contributed by atoms with van der Waals surface area (Å²) < 4.78 is 49.2. The van der Waals surface area contributed by atoms with Crippen LogP contribution in [0.5, 0.6) is 0 Å². The van der Waals surface area contributed by atoms with E-state index in [-0.39, 0.29) is 16.7 Å². The van der Waals surface area contributed by atoms with Crippen molar-refractivity contribution in [3.05, 3.63) is 82.1 Å². The molecule has 2 aromatic rings. The number of hydrogen-bond donors (Lipinski definition) is 0. The molecule has 0 aliphatic carbocycles. The van der Waals surface area contributed by atoms with Crippen molar-refractivity contribution in [2.75, 3.05) is 5.08 Å². The third-order valence-corrected chi connectivity index (χ3v) is 5.53. The van der Waals surface area contributed by atoms with E-state index in [0.717, 1.165) is 0 Å². The topological polar surface area (TPSA) is 46.1 Å². The fourth-order valence-electron chi connectivity index (χ4n) is 1.65. The molecule has 0 bridgehead atoms. The molecule has 2 rings (SSSR count). The Morgan fingerprint density at radius 2 is 1.04 bits per heavy atom. The van der Waals surface area contributed by atoms with Crippen LogP contribution < -0.4 is 0 Å². The van der Waals surface area contributed by atoms with E-state index in [9.17, 15) is 17.9 Å². The van der Waals surface area contributed by atoms with Crippen LogP contribution in [0.3, 0.4) is 0 Å². The van der Waals surface area contributed by atoms with E-state index < -0.39 is 22.4 Å². The molecule has 0 aliphatic rings. The molecule has 0 N–H and O–H groups in total. The van der Waals surface area contributed by atoms with Crippen LogP contribution in [0.1, 0.15) is 11.1 Å². The molecular formula is C17H14F2O2S2. The zero-order valence-corrected chi connectivity index (χ0v) is 13.7. The van der Waals surface area contributed by atoms with Gasteiger partial charge >= 0.3 is 0 Å². The van der Waals surface area contributed by atoms with E-state index >= 15 is 0 Å². The van der Waals surface area contributed by atoms with Crippen molar-refractivity contribution in [2.24, 2.45) is 0 Å². The Hall–Kier alpha value is -1.60. The Bertz CT molecular complexity index is 610. The van der Waals surface area contributed by atoms with Crippen molar-refractivity contribution in [1.82, 2.24) is 0 Å². The lowest BCUT2D eigenvalue weighted by Gasteiger charge is -2.07. The lowest BCUT2D eigenvalue weighted by atomic mass is 10.2. The Balaban J connectivity index is 1.85. The van der Waals surface area contributed by atoms with Crippen molar-refractivity contribution < 1.29 is 17.9 Å². The molecule has 120 valence electrons. The normalized spacial score (nSPS) is 14.4. The number of halogens is 2. The average molecular weight is 352 g/mol. The lowest BCUT2D eigenvalue weighted by molar-refractivity contribution is 0.596. The minimum absolute atomic E-state index is 0.0324. The van der Waals surface area contributed by atoms with Crippen LogP contribution in [0, 0.1) is 11.6 Å². The summed E-state index contributed by atoms with van der Waals surface area (Å²) in [5, 5.41) is 2.82. The first-order valence-corrected chi connectivity index (χ1v) is 9.41. The van der Waals surface area contributed by atoms with Gasteiger partial charge in [0.15, 0.2) is 0 Å². The van der Waals surface area contributed by atoms with E-state index in [0.29, 0.717) is 11.1 Å². The van der Waals surface area contributed by atoms with Crippen molar-refractivity contribution in [3.8, 4) is 0 Å². The molecule has 2 nitrogen and oxygen atoms in total. The minimum atomic E-state index is -1.40. The third-order valence-electron chi connectivity index (χ3n) is 2.80. The van der Waals surface area contributed by atoms with E-state index in [1.165, 1.54) is 35.1 Å². The average Bonchev–Trinajstić information content (AvgIpc) is 2.54. The van der Waals surface area contributed by atoms with Crippen LogP contribution in [0.4, 0.5) is 8.78 Å². The summed E-state index contributed by atoms with van der Waals surface area (Å²) in [5.74, 6) is -0.675. The second kappa shape index (κ2) is 8.88. The van der Waals surface area contributed by atoms with Gasteiger partial charge in [-0.25, -0.2) is 8.78 Å². The minimum Gasteiger partial charge on any atom is -0.608 e. The van der Waals surface area contributed by atoms with Crippen LogP contribution in [0.25, 0.3) is 12.2 Å². The highest BCUT2D eigenvalue weighted by molar-refractivity contribution is 8.10. The van der Waals surface area contributed by atoms with Gasteiger partial charge < -0.3 is 9.11 Å². The van der Waals surface area contributed by atoms with Gasteiger partial charge in [-0.1, -0.05) is 24.3 Å².